The van der Waals surface area contributed by atoms with Crippen LogP contribution >= 0.6 is 0 Å². The molecule has 1 aliphatic carbocycles. The fraction of sp³-hybridized carbons (Fsp3) is 0.469. The van der Waals surface area contributed by atoms with Crippen LogP contribution in [-0.4, -0.2) is 81.7 Å². The molecule has 5 rings (SSSR count). The molecular weight excluding hydrogens is 470 g/mol. The average molecular weight is 514 g/mol. The number of nitrogens with zero attached hydrogens (tertiary/aromatic N) is 5. The lowest BCUT2D eigenvalue weighted by atomic mass is 10.1. The Morgan fingerprint density at radius 2 is 1.50 bits per heavy atom. The molecule has 0 saturated carbocycles. The van der Waals surface area contributed by atoms with Crippen molar-refractivity contribution in [1.82, 2.24) is 9.91 Å². The smallest absolute Gasteiger partial charge is 0.0642 e. The fourth-order valence-corrected chi connectivity index (χ4v) is 5.72. The normalized spacial score (nSPS) is 19.8. The van der Waals surface area contributed by atoms with E-state index in [4.69, 9.17) is 9.84 Å². The highest BCUT2D eigenvalue weighted by Crippen LogP contribution is 2.35. The van der Waals surface area contributed by atoms with Crippen molar-refractivity contribution in [1.29, 1.82) is 0 Å². The second-order valence-corrected chi connectivity index (χ2v) is 10.4. The number of aryl methyl sites for hydroxylation is 1. The standard InChI is InChI=1S/C32H43N5O/c1-4-34(5-2)30-14-8-27(9-15-30)24-28-10-11-29(32(28)36-20-22-38-23-21-36)25-33-37-18-16-35(17-19-37)31-12-6-26(3)7-13-31/h6-9,12-15,24-25H,4-5,10-11,16-23H2,1-3H3/b28-24+,33-25-. The number of ether oxygens (including phenoxy) is 1. The van der Waals surface area contributed by atoms with Crippen LogP contribution in [0.1, 0.15) is 37.8 Å². The third kappa shape index (κ3) is 6.24. The number of allylic oxidation sites excluding steroid dienone is 2. The van der Waals surface area contributed by atoms with Crippen LogP contribution in [-0.2, 0) is 4.74 Å². The molecule has 2 aromatic rings. The van der Waals surface area contributed by atoms with Crippen LogP contribution in [0.5, 0.6) is 0 Å². The average Bonchev–Trinajstić information content (AvgIpc) is 3.37. The van der Waals surface area contributed by atoms with E-state index in [1.54, 1.807) is 0 Å². The Balaban J connectivity index is 1.30. The molecule has 2 aromatic carbocycles. The van der Waals surface area contributed by atoms with Crippen LogP contribution in [0.15, 0.2) is 70.5 Å². The van der Waals surface area contributed by atoms with Crippen molar-refractivity contribution in [3.8, 4) is 0 Å². The van der Waals surface area contributed by atoms with Gasteiger partial charge in [0.1, 0.15) is 0 Å². The van der Waals surface area contributed by atoms with E-state index in [1.165, 1.54) is 39.3 Å². The van der Waals surface area contributed by atoms with Gasteiger partial charge in [-0.2, -0.15) is 5.10 Å². The van der Waals surface area contributed by atoms with Crippen LogP contribution < -0.4 is 9.80 Å². The van der Waals surface area contributed by atoms with Gasteiger partial charge in [-0.1, -0.05) is 29.8 Å². The van der Waals surface area contributed by atoms with Gasteiger partial charge in [0.05, 0.1) is 32.5 Å². The zero-order valence-corrected chi connectivity index (χ0v) is 23.4. The lowest BCUT2D eigenvalue weighted by molar-refractivity contribution is 0.0548. The zero-order chi connectivity index (χ0) is 26.3. The number of piperazine rings is 1. The molecule has 0 bridgehead atoms. The van der Waals surface area contributed by atoms with Crippen molar-refractivity contribution in [3.63, 3.8) is 0 Å². The van der Waals surface area contributed by atoms with Crippen LogP contribution in [0.25, 0.3) is 6.08 Å². The molecule has 38 heavy (non-hydrogen) atoms. The van der Waals surface area contributed by atoms with Gasteiger partial charge in [0.15, 0.2) is 0 Å². The highest BCUT2D eigenvalue weighted by molar-refractivity contribution is 5.83. The lowest BCUT2D eigenvalue weighted by Gasteiger charge is -2.34. The first kappa shape index (κ1) is 26.4. The van der Waals surface area contributed by atoms with Crippen LogP contribution in [0.4, 0.5) is 11.4 Å². The predicted octanol–water partition coefficient (Wildman–Crippen LogP) is 5.41. The van der Waals surface area contributed by atoms with Crippen LogP contribution in [0.3, 0.4) is 0 Å². The van der Waals surface area contributed by atoms with E-state index in [0.717, 1.165) is 78.4 Å². The number of hydrazone groups is 1. The van der Waals surface area contributed by atoms with Gasteiger partial charge in [-0.25, -0.2) is 0 Å². The number of benzene rings is 2. The van der Waals surface area contributed by atoms with Gasteiger partial charge in [-0.3, -0.25) is 5.01 Å². The molecule has 0 atom stereocenters. The summed E-state index contributed by atoms with van der Waals surface area (Å²) in [5.74, 6) is 0. The second-order valence-electron chi connectivity index (χ2n) is 10.4. The number of morpholine rings is 1. The number of hydrogen-bond acceptors (Lipinski definition) is 6. The summed E-state index contributed by atoms with van der Waals surface area (Å²) in [6, 6.07) is 17.9. The van der Waals surface area contributed by atoms with Gasteiger partial charge in [0, 0.05) is 56.3 Å². The molecule has 6 nitrogen and oxygen atoms in total. The summed E-state index contributed by atoms with van der Waals surface area (Å²) in [5, 5.41) is 7.22. The summed E-state index contributed by atoms with van der Waals surface area (Å²) in [6.07, 6.45) is 6.64. The summed E-state index contributed by atoms with van der Waals surface area (Å²) in [7, 11) is 0. The Morgan fingerprint density at radius 1 is 0.816 bits per heavy atom. The monoisotopic (exact) mass is 513 g/mol. The quantitative estimate of drug-likeness (QED) is 0.441. The first-order chi connectivity index (χ1) is 18.6. The van der Waals surface area contributed by atoms with Crippen molar-refractivity contribution in [2.24, 2.45) is 5.10 Å². The molecule has 3 aliphatic rings. The van der Waals surface area contributed by atoms with Gasteiger partial charge in [0.2, 0.25) is 0 Å². The maximum Gasteiger partial charge on any atom is 0.0642 e. The Morgan fingerprint density at radius 3 is 2.16 bits per heavy atom. The Labute approximate surface area is 228 Å². The molecule has 0 amide bonds. The molecule has 0 aromatic heterocycles. The predicted molar refractivity (Wildman–Crippen MR) is 160 cm³/mol. The molecule has 2 aliphatic heterocycles. The van der Waals surface area contributed by atoms with Gasteiger partial charge < -0.3 is 19.4 Å². The molecular formula is C32H43N5O. The van der Waals surface area contributed by atoms with Gasteiger partial charge >= 0.3 is 0 Å². The summed E-state index contributed by atoms with van der Waals surface area (Å²) in [4.78, 5) is 7.37. The first-order valence-electron chi connectivity index (χ1n) is 14.4. The van der Waals surface area contributed by atoms with Gasteiger partial charge in [0.25, 0.3) is 0 Å². The number of hydrogen-bond donors (Lipinski definition) is 0. The SMILES string of the molecule is CCN(CC)c1ccc(/C=C2\CCC(/C=N\N3CCN(c4ccc(C)cc4)CC3)=C2N2CCOCC2)cc1. The highest BCUT2D eigenvalue weighted by Gasteiger charge is 2.26. The third-order valence-electron chi connectivity index (χ3n) is 7.99. The molecule has 6 heteroatoms. The van der Waals surface area contributed by atoms with Crippen molar-refractivity contribution in [2.75, 3.05) is 75.4 Å². The second kappa shape index (κ2) is 12.5. The summed E-state index contributed by atoms with van der Waals surface area (Å²) < 4.78 is 5.68. The van der Waals surface area contributed by atoms with E-state index in [-0.39, 0.29) is 0 Å². The summed E-state index contributed by atoms with van der Waals surface area (Å²) in [5.41, 5.74) is 9.35. The van der Waals surface area contributed by atoms with E-state index in [0.29, 0.717) is 0 Å². The summed E-state index contributed by atoms with van der Waals surface area (Å²) in [6.45, 7) is 16.0. The van der Waals surface area contributed by atoms with Crippen molar-refractivity contribution in [2.45, 2.75) is 33.6 Å². The van der Waals surface area contributed by atoms with Crippen LogP contribution in [0.2, 0.25) is 0 Å². The molecule has 0 spiro atoms. The Bertz CT molecular complexity index is 1130. The minimum atomic E-state index is 0.792. The Hall–Kier alpha value is -3.25. The molecule has 202 valence electrons. The summed E-state index contributed by atoms with van der Waals surface area (Å²) >= 11 is 0. The third-order valence-corrected chi connectivity index (χ3v) is 7.99. The zero-order valence-electron chi connectivity index (χ0n) is 23.4. The number of rotatable bonds is 8. The topological polar surface area (TPSA) is 34.5 Å². The van der Waals surface area contributed by atoms with Crippen LogP contribution in [0, 0.1) is 6.92 Å². The molecule has 0 unspecified atom stereocenters. The van der Waals surface area contributed by atoms with E-state index in [1.807, 2.05) is 0 Å². The first-order valence-corrected chi connectivity index (χ1v) is 14.4. The Kier molecular flexibility index (Phi) is 8.69. The molecule has 2 heterocycles. The van der Waals surface area contributed by atoms with E-state index >= 15 is 0 Å². The molecule has 2 fully saturated rings. The van der Waals surface area contributed by atoms with Gasteiger partial charge in [-0.05, 0) is 80.7 Å². The van der Waals surface area contributed by atoms with E-state index < -0.39 is 0 Å². The van der Waals surface area contributed by atoms with Crippen molar-refractivity contribution in [3.05, 3.63) is 76.5 Å². The number of anilines is 2. The van der Waals surface area contributed by atoms with Gasteiger partial charge in [-0.15, -0.1) is 0 Å². The minimum absolute atomic E-state index is 0.792. The molecule has 0 radical (unpaired) electrons. The molecule has 2 saturated heterocycles. The largest absolute Gasteiger partial charge is 0.378 e. The maximum atomic E-state index is 5.68. The fourth-order valence-electron chi connectivity index (χ4n) is 5.72. The lowest BCUT2D eigenvalue weighted by Crippen LogP contribution is -2.44. The van der Waals surface area contributed by atoms with Crippen molar-refractivity contribution >= 4 is 23.7 Å². The highest BCUT2D eigenvalue weighted by atomic mass is 16.5. The van der Waals surface area contributed by atoms with Crippen molar-refractivity contribution < 1.29 is 4.74 Å². The van der Waals surface area contributed by atoms with E-state index in [9.17, 15) is 0 Å². The minimum Gasteiger partial charge on any atom is -0.378 e. The van der Waals surface area contributed by atoms with E-state index in [2.05, 4.69) is 101 Å². The maximum absolute atomic E-state index is 5.68. The molecule has 0 N–H and O–H groups in total.